The number of amides is 1. The van der Waals surface area contributed by atoms with E-state index in [9.17, 15) is 4.79 Å². The van der Waals surface area contributed by atoms with Crippen LogP contribution in [0.15, 0.2) is 57.7 Å². The van der Waals surface area contributed by atoms with Crippen LogP contribution in [0.3, 0.4) is 0 Å². The van der Waals surface area contributed by atoms with E-state index in [1.165, 1.54) is 0 Å². The van der Waals surface area contributed by atoms with Gasteiger partial charge < -0.3 is 14.2 Å². The summed E-state index contributed by atoms with van der Waals surface area (Å²) in [6.07, 6.45) is 5.50. The Kier molecular flexibility index (Phi) is 4.28. The number of hydrogen-bond acceptors (Lipinski definition) is 5. The predicted molar refractivity (Wildman–Crippen MR) is 105 cm³/mol. The van der Waals surface area contributed by atoms with Gasteiger partial charge in [-0.15, -0.1) is 0 Å². The third kappa shape index (κ3) is 3.03. The molecular formula is C22H23N3O3. The van der Waals surface area contributed by atoms with Crippen LogP contribution in [0.4, 0.5) is 0 Å². The van der Waals surface area contributed by atoms with Crippen LogP contribution >= 0.6 is 0 Å². The standard InChI is InChI=1S/C22H23N3O3/c1-14-20(16-8-11-25(14)12-9-16)24-21(26)19-7-6-18(28-19)15-2-4-17(5-3-15)22-23-10-13-27-22/h2-7,10,13-14,16,20H,8-9,11-12H2,1H3,(H,24,26)/t14-,20+/m1/s1. The van der Waals surface area contributed by atoms with Crippen LogP contribution in [0.1, 0.15) is 30.3 Å². The van der Waals surface area contributed by atoms with Crippen molar-refractivity contribution in [3.63, 3.8) is 0 Å². The number of hydrogen-bond donors (Lipinski definition) is 1. The normalized spacial score (nSPS) is 26.3. The topological polar surface area (TPSA) is 71.5 Å². The highest BCUT2D eigenvalue weighted by atomic mass is 16.4. The maximum absolute atomic E-state index is 12.7. The van der Waals surface area contributed by atoms with Gasteiger partial charge in [0.15, 0.2) is 5.76 Å². The summed E-state index contributed by atoms with van der Waals surface area (Å²) >= 11 is 0. The molecular weight excluding hydrogens is 354 g/mol. The molecule has 0 radical (unpaired) electrons. The molecule has 5 heterocycles. The molecule has 6 heteroatoms. The van der Waals surface area contributed by atoms with Gasteiger partial charge in [0.25, 0.3) is 5.91 Å². The molecule has 0 aliphatic carbocycles. The first kappa shape index (κ1) is 17.3. The quantitative estimate of drug-likeness (QED) is 0.748. The van der Waals surface area contributed by atoms with Crippen molar-refractivity contribution in [3.05, 3.63) is 54.6 Å². The average molecular weight is 377 g/mol. The zero-order chi connectivity index (χ0) is 19.1. The molecule has 0 unspecified atom stereocenters. The van der Waals surface area contributed by atoms with Crippen molar-refractivity contribution in [2.24, 2.45) is 5.92 Å². The summed E-state index contributed by atoms with van der Waals surface area (Å²) in [4.78, 5) is 19.4. The molecule has 0 saturated carbocycles. The number of nitrogens with zero attached hydrogens (tertiary/aromatic N) is 2. The van der Waals surface area contributed by atoms with E-state index < -0.39 is 0 Å². The molecule has 1 aromatic carbocycles. The monoisotopic (exact) mass is 377 g/mol. The minimum atomic E-state index is -0.131. The van der Waals surface area contributed by atoms with E-state index in [0.29, 0.717) is 29.4 Å². The lowest BCUT2D eigenvalue weighted by Gasteiger charge is -2.49. The average Bonchev–Trinajstić information content (AvgIpc) is 3.43. The van der Waals surface area contributed by atoms with E-state index >= 15 is 0 Å². The number of nitrogens with one attached hydrogen (secondary N) is 1. The van der Waals surface area contributed by atoms with Crippen molar-refractivity contribution in [1.29, 1.82) is 0 Å². The summed E-state index contributed by atoms with van der Waals surface area (Å²) < 4.78 is 11.2. The first-order valence-corrected chi connectivity index (χ1v) is 9.84. The van der Waals surface area contributed by atoms with Gasteiger partial charge in [0.05, 0.1) is 6.20 Å². The molecule has 6 rings (SSSR count). The van der Waals surface area contributed by atoms with Crippen molar-refractivity contribution in [2.75, 3.05) is 13.1 Å². The molecule has 3 aromatic rings. The molecule has 3 aliphatic heterocycles. The summed E-state index contributed by atoms with van der Waals surface area (Å²) in [5.74, 6) is 2.05. The summed E-state index contributed by atoms with van der Waals surface area (Å²) in [6, 6.07) is 11.9. The van der Waals surface area contributed by atoms with Crippen LogP contribution in [0.2, 0.25) is 0 Å². The van der Waals surface area contributed by atoms with Gasteiger partial charge in [-0.25, -0.2) is 4.98 Å². The predicted octanol–water partition coefficient (Wildman–Crippen LogP) is 3.81. The Morgan fingerprint density at radius 3 is 2.54 bits per heavy atom. The van der Waals surface area contributed by atoms with Crippen molar-refractivity contribution in [1.82, 2.24) is 15.2 Å². The Balaban J connectivity index is 1.30. The molecule has 2 atom stereocenters. The Labute approximate surface area is 163 Å². The number of rotatable bonds is 4. The van der Waals surface area contributed by atoms with E-state index in [1.54, 1.807) is 18.5 Å². The second kappa shape index (κ2) is 6.95. The largest absolute Gasteiger partial charge is 0.451 e. The van der Waals surface area contributed by atoms with Crippen LogP contribution in [-0.4, -0.2) is 41.0 Å². The highest BCUT2D eigenvalue weighted by molar-refractivity contribution is 5.92. The molecule has 1 N–H and O–H groups in total. The van der Waals surface area contributed by atoms with Crippen molar-refractivity contribution < 1.29 is 13.6 Å². The Bertz CT molecular complexity index is 951. The number of piperidine rings is 3. The minimum Gasteiger partial charge on any atom is -0.451 e. The molecule has 1 amide bonds. The first-order chi connectivity index (χ1) is 13.7. The molecule has 2 bridgehead atoms. The molecule has 0 spiro atoms. The number of carbonyl (C=O) groups excluding carboxylic acids is 1. The molecule has 144 valence electrons. The highest BCUT2D eigenvalue weighted by Gasteiger charge is 2.40. The maximum atomic E-state index is 12.7. The maximum Gasteiger partial charge on any atom is 0.287 e. The van der Waals surface area contributed by atoms with Crippen LogP contribution in [-0.2, 0) is 0 Å². The smallest absolute Gasteiger partial charge is 0.287 e. The van der Waals surface area contributed by atoms with E-state index in [2.05, 4.69) is 22.1 Å². The summed E-state index contributed by atoms with van der Waals surface area (Å²) in [5.41, 5.74) is 1.81. The zero-order valence-corrected chi connectivity index (χ0v) is 15.8. The second-order valence-corrected chi connectivity index (χ2v) is 7.69. The van der Waals surface area contributed by atoms with Gasteiger partial charge >= 0.3 is 0 Å². The van der Waals surface area contributed by atoms with E-state index in [4.69, 9.17) is 8.83 Å². The fraction of sp³-hybridized carbons (Fsp3) is 0.364. The lowest BCUT2D eigenvalue weighted by molar-refractivity contribution is 0.0211. The van der Waals surface area contributed by atoms with Gasteiger partial charge in [-0.1, -0.05) is 12.1 Å². The molecule has 28 heavy (non-hydrogen) atoms. The number of furan rings is 1. The number of benzene rings is 1. The number of oxazole rings is 1. The Morgan fingerprint density at radius 1 is 1.11 bits per heavy atom. The summed E-state index contributed by atoms with van der Waals surface area (Å²) in [6.45, 7) is 4.50. The van der Waals surface area contributed by atoms with Crippen molar-refractivity contribution in [3.8, 4) is 22.8 Å². The number of aromatic nitrogens is 1. The van der Waals surface area contributed by atoms with Crippen LogP contribution in [0.5, 0.6) is 0 Å². The first-order valence-electron chi connectivity index (χ1n) is 9.84. The summed E-state index contributed by atoms with van der Waals surface area (Å²) in [7, 11) is 0. The minimum absolute atomic E-state index is 0.131. The number of fused-ring (bicyclic) bond motifs is 3. The molecule has 6 nitrogen and oxygen atoms in total. The number of carbonyl (C=O) groups is 1. The van der Waals surface area contributed by atoms with Crippen LogP contribution in [0.25, 0.3) is 22.8 Å². The lowest BCUT2D eigenvalue weighted by atomic mass is 9.79. The van der Waals surface area contributed by atoms with Crippen LogP contribution in [0, 0.1) is 5.92 Å². The third-order valence-electron chi connectivity index (χ3n) is 6.15. The van der Waals surface area contributed by atoms with Gasteiger partial charge in [0.1, 0.15) is 12.0 Å². The molecule has 3 fully saturated rings. The van der Waals surface area contributed by atoms with Crippen molar-refractivity contribution >= 4 is 5.91 Å². The van der Waals surface area contributed by atoms with E-state index in [1.807, 2.05) is 30.3 Å². The van der Waals surface area contributed by atoms with Gasteiger partial charge in [0, 0.05) is 23.2 Å². The Hall–Kier alpha value is -2.86. The molecule has 3 aliphatic rings. The zero-order valence-electron chi connectivity index (χ0n) is 15.8. The van der Waals surface area contributed by atoms with Gasteiger partial charge in [0.2, 0.25) is 5.89 Å². The third-order valence-corrected chi connectivity index (χ3v) is 6.15. The van der Waals surface area contributed by atoms with E-state index in [-0.39, 0.29) is 11.9 Å². The van der Waals surface area contributed by atoms with Crippen LogP contribution < -0.4 is 5.32 Å². The fourth-order valence-electron chi connectivity index (χ4n) is 4.53. The van der Waals surface area contributed by atoms with Gasteiger partial charge in [-0.05, 0) is 63.0 Å². The SMILES string of the molecule is C[C@@H]1[C@H](NC(=O)c2ccc(-c3ccc(-c4ncco4)cc3)o2)C2CCN1CC2. The summed E-state index contributed by atoms with van der Waals surface area (Å²) in [5, 5.41) is 3.21. The van der Waals surface area contributed by atoms with Crippen molar-refractivity contribution in [2.45, 2.75) is 31.8 Å². The van der Waals surface area contributed by atoms with E-state index in [0.717, 1.165) is 37.1 Å². The molecule has 3 saturated heterocycles. The Morgan fingerprint density at radius 2 is 1.86 bits per heavy atom. The fourth-order valence-corrected chi connectivity index (χ4v) is 4.53. The van der Waals surface area contributed by atoms with Gasteiger partial charge in [-0.2, -0.15) is 0 Å². The highest BCUT2D eigenvalue weighted by Crippen LogP contribution is 2.32. The van der Waals surface area contributed by atoms with Gasteiger partial charge in [-0.3, -0.25) is 9.69 Å². The second-order valence-electron chi connectivity index (χ2n) is 7.69. The molecule has 2 aromatic heterocycles. The lowest BCUT2D eigenvalue weighted by Crippen LogP contribution is -2.62.